The van der Waals surface area contributed by atoms with Crippen molar-refractivity contribution in [1.82, 2.24) is 0 Å². The first kappa shape index (κ1) is 24.6. The Kier molecular flexibility index (Phi) is 7.69. The molecule has 0 saturated heterocycles. The molecule has 1 aliphatic heterocycles. The second kappa shape index (κ2) is 11.3. The Morgan fingerprint density at radius 1 is 1.06 bits per heavy atom. The van der Waals surface area contributed by atoms with E-state index in [0.29, 0.717) is 29.5 Å². The lowest BCUT2D eigenvalue weighted by Crippen LogP contribution is -2.46. The van der Waals surface area contributed by atoms with Gasteiger partial charge in [0, 0.05) is 11.8 Å². The molecule has 186 valence electrons. The first-order valence-electron chi connectivity index (χ1n) is 11.5. The van der Waals surface area contributed by atoms with Crippen molar-refractivity contribution >= 4 is 23.4 Å². The molecule has 1 aliphatic rings. The van der Waals surface area contributed by atoms with Crippen molar-refractivity contribution < 1.29 is 33.9 Å². The van der Waals surface area contributed by atoms with Crippen LogP contribution in [0.5, 0.6) is 17.2 Å². The Bertz CT molecular complexity index is 1230. The summed E-state index contributed by atoms with van der Waals surface area (Å²) >= 11 is 0. The lowest BCUT2D eigenvalue weighted by Gasteiger charge is -2.28. The fourth-order valence-electron chi connectivity index (χ4n) is 3.64. The molecule has 3 aromatic rings. The predicted molar refractivity (Wildman–Crippen MR) is 133 cm³/mol. The second-order valence-electron chi connectivity index (χ2n) is 8.07. The summed E-state index contributed by atoms with van der Waals surface area (Å²) in [7, 11) is 0. The van der Waals surface area contributed by atoms with Gasteiger partial charge in [-0.15, -0.1) is 0 Å². The third-order valence-electron chi connectivity index (χ3n) is 5.46. The summed E-state index contributed by atoms with van der Waals surface area (Å²) in [5, 5.41) is 5.59. The minimum Gasteiger partial charge on any atom is -0.490 e. The number of esters is 1. The number of ether oxygens (including phenoxy) is 4. The molecule has 0 bridgehead atoms. The Balaban J connectivity index is 1.49. The minimum atomic E-state index is -0.922. The van der Waals surface area contributed by atoms with Crippen LogP contribution in [0.25, 0.3) is 0 Å². The van der Waals surface area contributed by atoms with E-state index >= 15 is 0 Å². The molecule has 4 N–H and O–H groups in total. The highest BCUT2D eigenvalue weighted by Crippen LogP contribution is 2.36. The Morgan fingerprint density at radius 3 is 2.50 bits per heavy atom. The van der Waals surface area contributed by atoms with Gasteiger partial charge in [0.2, 0.25) is 0 Å². The average Bonchev–Trinajstić information content (AvgIpc) is 2.90. The maximum absolute atomic E-state index is 12.9. The number of nitrogens with zero attached hydrogens (tertiary/aromatic N) is 1. The molecule has 0 aromatic heterocycles. The molecule has 3 aromatic carbocycles. The van der Waals surface area contributed by atoms with Crippen LogP contribution in [0.15, 0.2) is 72.8 Å². The van der Waals surface area contributed by atoms with Gasteiger partial charge in [-0.25, -0.2) is 4.79 Å². The third kappa shape index (κ3) is 5.93. The van der Waals surface area contributed by atoms with E-state index in [9.17, 15) is 9.59 Å². The van der Waals surface area contributed by atoms with E-state index in [1.807, 2.05) is 30.3 Å². The number of nitrogens with two attached hydrogens (primary N) is 2. The lowest BCUT2D eigenvalue weighted by molar-refractivity contribution is -0.153. The summed E-state index contributed by atoms with van der Waals surface area (Å²) < 4.78 is 22.7. The number of hydrogen-bond donors (Lipinski definition) is 2. The summed E-state index contributed by atoms with van der Waals surface area (Å²) in [6.07, 6.45) is -0.387. The second-order valence-corrected chi connectivity index (χ2v) is 8.07. The van der Waals surface area contributed by atoms with Gasteiger partial charge in [0.25, 0.3) is 5.84 Å². The van der Waals surface area contributed by atoms with Gasteiger partial charge in [-0.1, -0.05) is 30.3 Å². The molecular formula is C27H28N3O6+. The highest BCUT2D eigenvalue weighted by atomic mass is 16.6. The van der Waals surface area contributed by atoms with Crippen LogP contribution in [-0.4, -0.2) is 43.6 Å². The van der Waals surface area contributed by atoms with E-state index in [2.05, 4.69) is 0 Å². The van der Waals surface area contributed by atoms with Crippen molar-refractivity contribution in [3.05, 3.63) is 83.9 Å². The van der Waals surface area contributed by atoms with Crippen molar-refractivity contribution in [3.8, 4) is 17.2 Å². The highest BCUT2D eigenvalue weighted by molar-refractivity contribution is 6.38. The van der Waals surface area contributed by atoms with Gasteiger partial charge in [0.05, 0.1) is 18.7 Å². The van der Waals surface area contributed by atoms with Crippen LogP contribution in [0.1, 0.15) is 18.1 Å². The normalized spacial score (nSPS) is 14.0. The molecule has 1 amide bonds. The van der Waals surface area contributed by atoms with E-state index in [-0.39, 0.29) is 31.7 Å². The first-order valence-corrected chi connectivity index (χ1v) is 11.5. The molecule has 1 atom stereocenters. The van der Waals surface area contributed by atoms with Gasteiger partial charge in [-0.2, -0.15) is 0 Å². The van der Waals surface area contributed by atoms with Gasteiger partial charge in [0.1, 0.15) is 19.0 Å². The van der Waals surface area contributed by atoms with Gasteiger partial charge in [0.15, 0.2) is 17.6 Å². The molecule has 1 heterocycles. The Morgan fingerprint density at radius 2 is 1.81 bits per heavy atom. The number of amidine groups is 1. The van der Waals surface area contributed by atoms with Crippen molar-refractivity contribution in [2.24, 2.45) is 5.73 Å². The number of hydrogen-bond acceptors (Lipinski definition) is 6. The van der Waals surface area contributed by atoms with E-state index < -0.39 is 11.9 Å². The summed E-state index contributed by atoms with van der Waals surface area (Å²) in [5.74, 6) is 0.170. The molecule has 36 heavy (non-hydrogen) atoms. The van der Waals surface area contributed by atoms with Gasteiger partial charge in [-0.3, -0.25) is 20.8 Å². The van der Waals surface area contributed by atoms with E-state index in [1.54, 1.807) is 49.4 Å². The van der Waals surface area contributed by atoms with Crippen LogP contribution >= 0.6 is 0 Å². The monoisotopic (exact) mass is 490 g/mol. The molecular weight excluding hydrogens is 462 g/mol. The van der Waals surface area contributed by atoms with Crippen molar-refractivity contribution in [1.29, 1.82) is 0 Å². The predicted octanol–water partition coefficient (Wildman–Crippen LogP) is 1.47. The van der Waals surface area contributed by atoms with Gasteiger partial charge in [-0.05, 0) is 48.9 Å². The summed E-state index contributed by atoms with van der Waals surface area (Å²) in [6, 6.07) is 21.6. The lowest BCUT2D eigenvalue weighted by atomic mass is 10.1. The molecule has 0 aliphatic carbocycles. The topological polar surface area (TPSA) is 126 Å². The molecule has 9 nitrogen and oxygen atoms in total. The quantitative estimate of drug-likeness (QED) is 0.212. The number of rotatable bonds is 8. The molecule has 0 fully saturated rings. The van der Waals surface area contributed by atoms with Crippen LogP contribution in [-0.2, 0) is 20.9 Å². The number of fused-ring (bicyclic) bond motifs is 1. The molecule has 4 rings (SSSR count). The van der Waals surface area contributed by atoms with Crippen LogP contribution in [0, 0.1) is 0 Å². The molecule has 9 heteroatoms. The number of carbonyl (C=O) groups excluding carboxylic acids is 2. The number of benzene rings is 3. The fourth-order valence-corrected chi connectivity index (χ4v) is 3.64. The Hall–Kier alpha value is -4.53. The average molecular weight is 491 g/mol. The summed E-state index contributed by atoms with van der Waals surface area (Å²) in [6.45, 7) is 2.47. The SMILES string of the molecule is CCOC(=O)C(=O)N(Cc1ccccc1)c1ccc2c(c1)O[C@@H](COc1ccc(C(N)=[NH2+])cc1)CO2. The fraction of sp³-hybridized carbons (Fsp3) is 0.222. The van der Waals surface area contributed by atoms with Gasteiger partial charge < -0.3 is 18.9 Å². The van der Waals surface area contributed by atoms with E-state index in [1.165, 1.54) is 4.90 Å². The van der Waals surface area contributed by atoms with Crippen LogP contribution < -0.4 is 30.3 Å². The van der Waals surface area contributed by atoms with E-state index in [4.69, 9.17) is 30.1 Å². The number of amides is 1. The summed E-state index contributed by atoms with van der Waals surface area (Å²) in [4.78, 5) is 26.6. The standard InChI is InChI=1S/C27H27N3O6/c1-2-33-27(32)26(31)30(15-18-6-4-3-5-7-18)20-10-13-23-24(14-20)36-22(17-35-23)16-34-21-11-8-19(9-12-21)25(28)29/h3-14,22H,2,15-17H2,1H3,(H3,28,29)/p+1/t22-/m0/s1. The smallest absolute Gasteiger partial charge is 0.397 e. The van der Waals surface area contributed by atoms with Gasteiger partial charge >= 0.3 is 11.9 Å². The molecule has 0 spiro atoms. The number of anilines is 1. The van der Waals surface area contributed by atoms with Crippen LogP contribution in [0.4, 0.5) is 5.69 Å². The number of carbonyl (C=O) groups is 2. The third-order valence-corrected chi connectivity index (χ3v) is 5.46. The highest BCUT2D eigenvalue weighted by Gasteiger charge is 2.28. The van der Waals surface area contributed by atoms with Crippen LogP contribution in [0.3, 0.4) is 0 Å². The van der Waals surface area contributed by atoms with E-state index in [0.717, 1.165) is 11.1 Å². The largest absolute Gasteiger partial charge is 0.490 e. The maximum Gasteiger partial charge on any atom is 0.397 e. The molecule has 0 saturated carbocycles. The summed E-state index contributed by atoms with van der Waals surface area (Å²) in [5.41, 5.74) is 7.65. The molecule has 0 unspecified atom stereocenters. The van der Waals surface area contributed by atoms with Crippen molar-refractivity contribution in [3.63, 3.8) is 0 Å². The van der Waals surface area contributed by atoms with Crippen molar-refractivity contribution in [2.45, 2.75) is 19.6 Å². The zero-order valence-electron chi connectivity index (χ0n) is 19.9. The molecule has 0 radical (unpaired) electrons. The zero-order valence-corrected chi connectivity index (χ0v) is 19.9. The first-order chi connectivity index (χ1) is 17.4. The van der Waals surface area contributed by atoms with Crippen LogP contribution in [0.2, 0.25) is 0 Å². The van der Waals surface area contributed by atoms with Crippen molar-refractivity contribution in [2.75, 3.05) is 24.7 Å². The maximum atomic E-state index is 12.9. The minimum absolute atomic E-state index is 0.104. The Labute approximate surface area is 208 Å². The zero-order chi connectivity index (χ0) is 25.5.